The Kier molecular flexibility index (Phi) is 5.19. The number of anilines is 1. The minimum Gasteiger partial charge on any atom is -0.366 e. The molecule has 3 nitrogen and oxygen atoms in total. The maximum Gasteiger partial charge on any atom is 0.253 e. The van der Waals surface area contributed by atoms with Crippen molar-refractivity contribution in [2.45, 2.75) is 38.8 Å². The monoisotopic (exact) mass is 322 g/mol. The van der Waals surface area contributed by atoms with Crippen LogP contribution in [0.2, 0.25) is 0 Å². The second-order valence-corrected chi connectivity index (χ2v) is 6.73. The molecule has 24 heavy (non-hydrogen) atoms. The summed E-state index contributed by atoms with van der Waals surface area (Å²) >= 11 is 0. The zero-order chi connectivity index (χ0) is 16.9. The largest absolute Gasteiger partial charge is 0.366 e. The molecule has 1 heterocycles. The molecule has 0 spiro atoms. The molecule has 2 aromatic rings. The van der Waals surface area contributed by atoms with Crippen LogP contribution in [-0.4, -0.2) is 36.0 Å². The van der Waals surface area contributed by atoms with E-state index in [2.05, 4.69) is 49.1 Å². The highest BCUT2D eigenvalue weighted by atomic mass is 16.2. The van der Waals surface area contributed by atoms with Crippen molar-refractivity contribution in [2.24, 2.45) is 0 Å². The van der Waals surface area contributed by atoms with Crippen LogP contribution in [-0.2, 0) is 0 Å². The van der Waals surface area contributed by atoms with Gasteiger partial charge in [-0.3, -0.25) is 4.79 Å². The van der Waals surface area contributed by atoms with Crippen LogP contribution in [0.1, 0.15) is 37.0 Å². The number of likely N-dealkylation sites (tertiary alicyclic amines) is 1. The van der Waals surface area contributed by atoms with Crippen molar-refractivity contribution >= 4 is 11.6 Å². The van der Waals surface area contributed by atoms with E-state index in [0.717, 1.165) is 31.5 Å². The maximum atomic E-state index is 12.6. The second kappa shape index (κ2) is 7.52. The number of hydrogen-bond donors (Lipinski definition) is 0. The number of hydrogen-bond acceptors (Lipinski definition) is 2. The van der Waals surface area contributed by atoms with Gasteiger partial charge in [0.15, 0.2) is 0 Å². The van der Waals surface area contributed by atoms with Crippen LogP contribution in [0.25, 0.3) is 0 Å². The van der Waals surface area contributed by atoms with Crippen molar-refractivity contribution in [3.8, 4) is 0 Å². The summed E-state index contributed by atoms with van der Waals surface area (Å²) in [6, 6.07) is 21.2. The minimum atomic E-state index is 0.157. The van der Waals surface area contributed by atoms with Gasteiger partial charge in [0.2, 0.25) is 0 Å². The lowest BCUT2D eigenvalue weighted by atomic mass is 9.99. The van der Waals surface area contributed by atoms with E-state index in [4.69, 9.17) is 0 Å². The van der Waals surface area contributed by atoms with E-state index < -0.39 is 0 Å². The highest BCUT2D eigenvalue weighted by Gasteiger charge is 2.28. The molecule has 1 aliphatic heterocycles. The number of rotatable bonds is 4. The molecule has 126 valence electrons. The lowest BCUT2D eigenvalue weighted by molar-refractivity contribution is 0.0711. The molecule has 0 atom stereocenters. The lowest BCUT2D eigenvalue weighted by Gasteiger charge is -2.42. The number of para-hydroxylation sites is 1. The SMILES string of the molecule is CC(C)N(c1ccccc1)C1CCN(C(=O)c2ccccc2)CC1. The van der Waals surface area contributed by atoms with Crippen molar-refractivity contribution in [2.75, 3.05) is 18.0 Å². The molecule has 0 unspecified atom stereocenters. The molecule has 3 rings (SSSR count). The fourth-order valence-corrected chi connectivity index (χ4v) is 3.64. The summed E-state index contributed by atoms with van der Waals surface area (Å²) in [6.45, 7) is 6.14. The van der Waals surface area contributed by atoms with Gasteiger partial charge in [-0.15, -0.1) is 0 Å². The number of amides is 1. The molecule has 0 aromatic heterocycles. The van der Waals surface area contributed by atoms with Crippen molar-refractivity contribution in [3.63, 3.8) is 0 Å². The van der Waals surface area contributed by atoms with Crippen molar-refractivity contribution < 1.29 is 4.79 Å². The minimum absolute atomic E-state index is 0.157. The van der Waals surface area contributed by atoms with Gasteiger partial charge in [-0.2, -0.15) is 0 Å². The smallest absolute Gasteiger partial charge is 0.253 e. The lowest BCUT2D eigenvalue weighted by Crippen LogP contribution is -2.49. The Morgan fingerprint density at radius 2 is 1.50 bits per heavy atom. The predicted octanol–water partition coefficient (Wildman–Crippen LogP) is 4.21. The number of piperidine rings is 1. The molecule has 0 aliphatic carbocycles. The topological polar surface area (TPSA) is 23.6 Å². The summed E-state index contributed by atoms with van der Waals surface area (Å²) < 4.78 is 0. The molecule has 2 aromatic carbocycles. The van der Waals surface area contributed by atoms with Crippen molar-refractivity contribution in [1.29, 1.82) is 0 Å². The number of benzene rings is 2. The molecule has 1 saturated heterocycles. The highest BCUT2D eigenvalue weighted by molar-refractivity contribution is 5.94. The second-order valence-electron chi connectivity index (χ2n) is 6.73. The van der Waals surface area contributed by atoms with Crippen molar-refractivity contribution in [3.05, 3.63) is 66.2 Å². The van der Waals surface area contributed by atoms with E-state index in [-0.39, 0.29) is 5.91 Å². The Labute approximate surface area is 144 Å². The first kappa shape index (κ1) is 16.6. The van der Waals surface area contributed by atoms with E-state index in [1.807, 2.05) is 35.2 Å². The van der Waals surface area contributed by atoms with Gasteiger partial charge in [0.25, 0.3) is 5.91 Å². The summed E-state index contributed by atoms with van der Waals surface area (Å²) in [7, 11) is 0. The highest BCUT2D eigenvalue weighted by Crippen LogP contribution is 2.26. The van der Waals surface area contributed by atoms with Gasteiger partial charge in [0.1, 0.15) is 0 Å². The molecule has 0 saturated carbocycles. The molecule has 1 amide bonds. The Balaban J connectivity index is 1.66. The van der Waals surface area contributed by atoms with Crippen LogP contribution in [0.5, 0.6) is 0 Å². The van der Waals surface area contributed by atoms with Gasteiger partial charge in [0.05, 0.1) is 0 Å². The van der Waals surface area contributed by atoms with E-state index in [1.54, 1.807) is 0 Å². The number of carbonyl (C=O) groups is 1. The van der Waals surface area contributed by atoms with Gasteiger partial charge in [0, 0.05) is 36.4 Å². The summed E-state index contributed by atoms with van der Waals surface area (Å²) in [5.41, 5.74) is 2.07. The average molecular weight is 322 g/mol. The van der Waals surface area contributed by atoms with E-state index in [9.17, 15) is 4.79 Å². The fourth-order valence-electron chi connectivity index (χ4n) is 3.64. The zero-order valence-electron chi connectivity index (χ0n) is 14.6. The summed E-state index contributed by atoms with van der Waals surface area (Å²) in [4.78, 5) is 17.1. The van der Waals surface area contributed by atoms with Gasteiger partial charge in [-0.05, 0) is 51.0 Å². The number of nitrogens with zero attached hydrogens (tertiary/aromatic N) is 2. The first-order valence-electron chi connectivity index (χ1n) is 8.84. The third-order valence-corrected chi connectivity index (χ3v) is 4.78. The van der Waals surface area contributed by atoms with Crippen LogP contribution in [0.4, 0.5) is 5.69 Å². The van der Waals surface area contributed by atoms with Gasteiger partial charge < -0.3 is 9.80 Å². The Hall–Kier alpha value is -2.29. The van der Waals surface area contributed by atoms with Crippen LogP contribution in [0.3, 0.4) is 0 Å². The standard InChI is InChI=1S/C21H26N2O/c1-17(2)23(19-11-7-4-8-12-19)20-13-15-22(16-14-20)21(24)18-9-5-3-6-10-18/h3-12,17,20H,13-16H2,1-2H3. The average Bonchev–Trinajstić information content (AvgIpc) is 2.63. The van der Waals surface area contributed by atoms with Gasteiger partial charge in [-0.1, -0.05) is 36.4 Å². The fraction of sp³-hybridized carbons (Fsp3) is 0.381. The van der Waals surface area contributed by atoms with Gasteiger partial charge >= 0.3 is 0 Å². The van der Waals surface area contributed by atoms with Crippen molar-refractivity contribution in [1.82, 2.24) is 4.90 Å². The quantitative estimate of drug-likeness (QED) is 0.842. The normalized spacial score (nSPS) is 15.5. The third-order valence-electron chi connectivity index (χ3n) is 4.78. The maximum absolute atomic E-state index is 12.6. The van der Waals surface area contributed by atoms with Crippen LogP contribution < -0.4 is 4.90 Å². The van der Waals surface area contributed by atoms with Gasteiger partial charge in [-0.25, -0.2) is 0 Å². The molecular formula is C21H26N2O. The molecule has 0 bridgehead atoms. The first-order chi connectivity index (χ1) is 11.7. The summed E-state index contributed by atoms with van der Waals surface area (Å²) in [6.07, 6.45) is 2.04. The third kappa shape index (κ3) is 3.61. The van der Waals surface area contributed by atoms with E-state index in [0.29, 0.717) is 12.1 Å². The predicted molar refractivity (Wildman–Crippen MR) is 99.4 cm³/mol. The summed E-state index contributed by atoms with van der Waals surface area (Å²) in [5.74, 6) is 0.157. The Morgan fingerprint density at radius 3 is 2.04 bits per heavy atom. The van der Waals surface area contributed by atoms with Crippen LogP contribution >= 0.6 is 0 Å². The first-order valence-corrected chi connectivity index (χ1v) is 8.84. The van der Waals surface area contributed by atoms with E-state index in [1.165, 1.54) is 5.69 Å². The Morgan fingerprint density at radius 1 is 0.958 bits per heavy atom. The van der Waals surface area contributed by atoms with Crippen LogP contribution in [0, 0.1) is 0 Å². The number of carbonyl (C=O) groups excluding carboxylic acids is 1. The molecule has 0 radical (unpaired) electrons. The zero-order valence-corrected chi connectivity index (χ0v) is 14.6. The molecule has 3 heteroatoms. The van der Waals surface area contributed by atoms with E-state index >= 15 is 0 Å². The van der Waals surface area contributed by atoms with Crippen LogP contribution in [0.15, 0.2) is 60.7 Å². The molecule has 1 aliphatic rings. The molecule has 1 fully saturated rings. The Bertz CT molecular complexity index is 646. The molecule has 0 N–H and O–H groups in total. The summed E-state index contributed by atoms with van der Waals surface area (Å²) in [5, 5.41) is 0. The molecular weight excluding hydrogens is 296 g/mol.